The predicted octanol–water partition coefficient (Wildman–Crippen LogP) is 2.66. The first-order chi connectivity index (χ1) is 5.29. The van der Waals surface area contributed by atoms with E-state index in [0.29, 0.717) is 0 Å². The van der Waals surface area contributed by atoms with Crippen molar-refractivity contribution in [1.29, 1.82) is 0 Å². The molecular weight excluding hydrogens is 134 g/mol. The fourth-order valence-electron chi connectivity index (χ4n) is 2.28. The zero-order valence-corrected chi connectivity index (χ0v) is 8.14. The van der Waals surface area contributed by atoms with Crippen LogP contribution in [0.3, 0.4) is 0 Å². The van der Waals surface area contributed by atoms with E-state index in [2.05, 4.69) is 25.8 Å². The molecule has 2 atom stereocenters. The Balaban J connectivity index is 2.45. The Morgan fingerprint density at radius 3 is 1.91 bits per heavy atom. The van der Waals surface area contributed by atoms with Gasteiger partial charge in [0.15, 0.2) is 0 Å². The van der Waals surface area contributed by atoms with Gasteiger partial charge in [-0.1, -0.05) is 20.3 Å². The SMILES string of the molecule is CCC1CCCC(CC)N1C. The molecule has 0 radical (unpaired) electrons. The quantitative estimate of drug-likeness (QED) is 0.592. The van der Waals surface area contributed by atoms with Crippen LogP contribution in [-0.4, -0.2) is 24.0 Å². The van der Waals surface area contributed by atoms with E-state index in [1.165, 1.54) is 32.1 Å². The minimum absolute atomic E-state index is 0.869. The molecule has 66 valence electrons. The second-order valence-corrected chi connectivity index (χ2v) is 3.72. The third-order valence-electron chi connectivity index (χ3n) is 3.17. The highest BCUT2D eigenvalue weighted by Crippen LogP contribution is 2.24. The fraction of sp³-hybridized carbons (Fsp3) is 1.00. The molecule has 1 heteroatoms. The summed E-state index contributed by atoms with van der Waals surface area (Å²) in [5.41, 5.74) is 0. The van der Waals surface area contributed by atoms with E-state index in [1.54, 1.807) is 0 Å². The van der Waals surface area contributed by atoms with Crippen molar-refractivity contribution in [2.24, 2.45) is 0 Å². The summed E-state index contributed by atoms with van der Waals surface area (Å²) < 4.78 is 0. The summed E-state index contributed by atoms with van der Waals surface area (Å²) in [7, 11) is 2.29. The largest absolute Gasteiger partial charge is 0.300 e. The van der Waals surface area contributed by atoms with E-state index in [-0.39, 0.29) is 0 Å². The van der Waals surface area contributed by atoms with Crippen LogP contribution < -0.4 is 0 Å². The van der Waals surface area contributed by atoms with Crippen LogP contribution in [0.5, 0.6) is 0 Å². The van der Waals surface area contributed by atoms with Crippen molar-refractivity contribution in [3.63, 3.8) is 0 Å². The molecule has 1 heterocycles. The van der Waals surface area contributed by atoms with Gasteiger partial charge < -0.3 is 4.90 Å². The van der Waals surface area contributed by atoms with Gasteiger partial charge in [-0.05, 0) is 32.7 Å². The molecule has 1 aliphatic rings. The van der Waals surface area contributed by atoms with E-state index >= 15 is 0 Å². The first kappa shape index (κ1) is 9.05. The summed E-state index contributed by atoms with van der Waals surface area (Å²) in [6, 6.07) is 1.74. The molecule has 0 bridgehead atoms. The minimum atomic E-state index is 0.869. The van der Waals surface area contributed by atoms with Crippen molar-refractivity contribution in [1.82, 2.24) is 4.90 Å². The van der Waals surface area contributed by atoms with Gasteiger partial charge in [0.2, 0.25) is 0 Å². The van der Waals surface area contributed by atoms with Crippen LogP contribution in [0.2, 0.25) is 0 Å². The number of hydrogen-bond donors (Lipinski definition) is 0. The van der Waals surface area contributed by atoms with Gasteiger partial charge >= 0.3 is 0 Å². The van der Waals surface area contributed by atoms with Crippen LogP contribution in [-0.2, 0) is 0 Å². The lowest BCUT2D eigenvalue weighted by molar-refractivity contribution is 0.109. The van der Waals surface area contributed by atoms with E-state index in [9.17, 15) is 0 Å². The Labute approximate surface area is 70.8 Å². The van der Waals surface area contributed by atoms with Crippen LogP contribution in [0.4, 0.5) is 0 Å². The average Bonchev–Trinajstić information content (AvgIpc) is 2.05. The first-order valence-electron chi connectivity index (χ1n) is 5.01. The zero-order chi connectivity index (χ0) is 8.27. The van der Waals surface area contributed by atoms with Crippen LogP contribution in [0, 0.1) is 0 Å². The van der Waals surface area contributed by atoms with E-state index < -0.39 is 0 Å². The van der Waals surface area contributed by atoms with Crippen molar-refractivity contribution in [2.75, 3.05) is 7.05 Å². The van der Waals surface area contributed by atoms with E-state index in [1.807, 2.05) is 0 Å². The summed E-state index contributed by atoms with van der Waals surface area (Å²) >= 11 is 0. The topological polar surface area (TPSA) is 3.24 Å². The minimum Gasteiger partial charge on any atom is -0.300 e. The number of likely N-dealkylation sites (tertiary alicyclic amines) is 1. The number of hydrogen-bond acceptors (Lipinski definition) is 1. The number of rotatable bonds is 2. The Morgan fingerprint density at radius 2 is 1.55 bits per heavy atom. The molecule has 1 rings (SSSR count). The van der Waals surface area contributed by atoms with Gasteiger partial charge in [-0.3, -0.25) is 0 Å². The van der Waals surface area contributed by atoms with Crippen molar-refractivity contribution >= 4 is 0 Å². The van der Waals surface area contributed by atoms with E-state index in [4.69, 9.17) is 0 Å². The van der Waals surface area contributed by atoms with Gasteiger partial charge in [0.1, 0.15) is 0 Å². The molecule has 0 N–H and O–H groups in total. The molecule has 0 aromatic heterocycles. The summed E-state index contributed by atoms with van der Waals surface area (Å²) in [6.07, 6.45) is 6.94. The average molecular weight is 155 g/mol. The van der Waals surface area contributed by atoms with Crippen molar-refractivity contribution in [3.05, 3.63) is 0 Å². The molecule has 1 fully saturated rings. The third kappa shape index (κ3) is 1.96. The molecule has 0 aromatic rings. The zero-order valence-electron chi connectivity index (χ0n) is 8.14. The second-order valence-electron chi connectivity index (χ2n) is 3.72. The smallest absolute Gasteiger partial charge is 0.00925 e. The Bertz CT molecular complexity index is 99.4. The van der Waals surface area contributed by atoms with Gasteiger partial charge in [0.05, 0.1) is 0 Å². The standard InChI is InChI=1S/C10H21N/c1-4-9-7-6-8-10(5-2)11(9)3/h9-10H,4-8H2,1-3H3. The highest BCUT2D eigenvalue weighted by molar-refractivity contribution is 4.80. The van der Waals surface area contributed by atoms with Gasteiger partial charge in [0.25, 0.3) is 0 Å². The predicted molar refractivity (Wildman–Crippen MR) is 49.8 cm³/mol. The van der Waals surface area contributed by atoms with Gasteiger partial charge in [-0.15, -0.1) is 0 Å². The van der Waals surface area contributed by atoms with Crippen molar-refractivity contribution < 1.29 is 0 Å². The lowest BCUT2D eigenvalue weighted by Gasteiger charge is -2.38. The van der Waals surface area contributed by atoms with Crippen LogP contribution in [0.25, 0.3) is 0 Å². The molecule has 0 amide bonds. The van der Waals surface area contributed by atoms with Gasteiger partial charge in [-0.25, -0.2) is 0 Å². The molecular formula is C10H21N. The summed E-state index contributed by atoms with van der Waals surface area (Å²) in [6.45, 7) is 4.61. The maximum Gasteiger partial charge on any atom is 0.00925 e. The van der Waals surface area contributed by atoms with Crippen molar-refractivity contribution in [3.8, 4) is 0 Å². The molecule has 1 saturated heterocycles. The third-order valence-corrected chi connectivity index (χ3v) is 3.17. The summed E-state index contributed by atoms with van der Waals surface area (Å²) in [4.78, 5) is 2.59. The monoisotopic (exact) mass is 155 g/mol. The fourth-order valence-corrected chi connectivity index (χ4v) is 2.28. The summed E-state index contributed by atoms with van der Waals surface area (Å²) in [5.74, 6) is 0. The number of nitrogens with zero attached hydrogens (tertiary/aromatic N) is 1. The second kappa shape index (κ2) is 4.10. The van der Waals surface area contributed by atoms with Gasteiger partial charge in [-0.2, -0.15) is 0 Å². The lowest BCUT2D eigenvalue weighted by Crippen LogP contribution is -2.43. The Kier molecular flexibility index (Phi) is 3.38. The molecule has 0 aliphatic carbocycles. The summed E-state index contributed by atoms with van der Waals surface area (Å²) in [5, 5.41) is 0. The van der Waals surface area contributed by atoms with Crippen molar-refractivity contribution in [2.45, 2.75) is 58.0 Å². The molecule has 0 saturated carbocycles. The Hall–Kier alpha value is -0.0400. The molecule has 0 spiro atoms. The molecule has 1 nitrogen and oxygen atoms in total. The lowest BCUT2D eigenvalue weighted by atomic mass is 9.93. The van der Waals surface area contributed by atoms with E-state index in [0.717, 1.165) is 12.1 Å². The maximum absolute atomic E-state index is 2.59. The van der Waals surface area contributed by atoms with Crippen LogP contribution in [0.1, 0.15) is 46.0 Å². The maximum atomic E-state index is 2.59. The molecule has 0 aromatic carbocycles. The normalized spacial score (nSPS) is 34.1. The Morgan fingerprint density at radius 1 is 1.09 bits per heavy atom. The molecule has 11 heavy (non-hydrogen) atoms. The highest BCUT2D eigenvalue weighted by atomic mass is 15.2. The van der Waals surface area contributed by atoms with Crippen LogP contribution in [0.15, 0.2) is 0 Å². The van der Waals surface area contributed by atoms with Gasteiger partial charge in [0, 0.05) is 12.1 Å². The highest BCUT2D eigenvalue weighted by Gasteiger charge is 2.24. The molecule has 1 aliphatic heterocycles. The first-order valence-corrected chi connectivity index (χ1v) is 5.01. The molecule has 2 unspecified atom stereocenters. The van der Waals surface area contributed by atoms with Crippen LogP contribution >= 0.6 is 0 Å². The number of piperidine rings is 1.